The van der Waals surface area contributed by atoms with Crippen molar-refractivity contribution in [3.05, 3.63) is 23.8 Å². The molecule has 0 aliphatic heterocycles. The molecule has 4 unspecified atom stereocenters. The van der Waals surface area contributed by atoms with Gasteiger partial charge in [0.15, 0.2) is 5.78 Å². The van der Waals surface area contributed by atoms with Crippen molar-refractivity contribution in [2.24, 2.45) is 28.6 Å². The Hall–Kier alpha value is -0.930. The van der Waals surface area contributed by atoms with Crippen molar-refractivity contribution < 1.29 is 14.6 Å². The zero-order valence-electron chi connectivity index (χ0n) is 19.7. The number of aliphatic hydroxyl groups is 1. The van der Waals surface area contributed by atoms with E-state index in [0.717, 1.165) is 58.0 Å². The van der Waals surface area contributed by atoms with E-state index in [1.165, 1.54) is 5.57 Å². The third kappa shape index (κ3) is 5.41. The minimum atomic E-state index is -0.183. The number of methoxy groups -OCH3 is 1. The topological polar surface area (TPSA) is 46.5 Å². The average molecular weight is 405 g/mol. The van der Waals surface area contributed by atoms with Gasteiger partial charge in [-0.1, -0.05) is 52.7 Å². The third-order valence-electron chi connectivity index (χ3n) is 8.39. The van der Waals surface area contributed by atoms with E-state index in [-0.39, 0.29) is 22.7 Å². The van der Waals surface area contributed by atoms with Crippen molar-refractivity contribution in [2.75, 3.05) is 13.7 Å². The first-order valence-electron chi connectivity index (χ1n) is 11.8. The summed E-state index contributed by atoms with van der Waals surface area (Å²) in [5, 5.41) is 10.6. The first-order valence-corrected chi connectivity index (χ1v) is 11.8. The first kappa shape index (κ1) is 24.3. The predicted molar refractivity (Wildman–Crippen MR) is 121 cm³/mol. The highest BCUT2D eigenvalue weighted by Gasteiger charge is 2.45. The van der Waals surface area contributed by atoms with Crippen LogP contribution in [-0.2, 0) is 9.53 Å². The van der Waals surface area contributed by atoms with Gasteiger partial charge in [-0.05, 0) is 80.3 Å². The van der Waals surface area contributed by atoms with Gasteiger partial charge in [0.25, 0.3) is 0 Å². The summed E-state index contributed by atoms with van der Waals surface area (Å²) < 4.78 is 5.28. The fourth-order valence-corrected chi connectivity index (χ4v) is 5.63. The zero-order valence-corrected chi connectivity index (χ0v) is 19.7. The maximum atomic E-state index is 12.3. The summed E-state index contributed by atoms with van der Waals surface area (Å²) >= 11 is 0. The van der Waals surface area contributed by atoms with Gasteiger partial charge in [-0.3, -0.25) is 4.79 Å². The molecule has 29 heavy (non-hydrogen) atoms. The van der Waals surface area contributed by atoms with E-state index >= 15 is 0 Å². The Bertz CT molecular complexity index is 595. The van der Waals surface area contributed by atoms with Crippen LogP contribution in [0.25, 0.3) is 0 Å². The highest BCUT2D eigenvalue weighted by molar-refractivity contribution is 6.01. The van der Waals surface area contributed by atoms with Crippen molar-refractivity contribution in [1.29, 1.82) is 0 Å². The van der Waals surface area contributed by atoms with Crippen molar-refractivity contribution in [3.63, 3.8) is 0 Å². The van der Waals surface area contributed by atoms with E-state index in [4.69, 9.17) is 4.74 Å². The molecule has 0 aromatic carbocycles. The lowest BCUT2D eigenvalue weighted by Gasteiger charge is -2.43. The Morgan fingerprint density at radius 3 is 2.55 bits per heavy atom. The van der Waals surface area contributed by atoms with Gasteiger partial charge in [-0.25, -0.2) is 0 Å². The van der Waals surface area contributed by atoms with Crippen LogP contribution >= 0.6 is 0 Å². The zero-order chi connectivity index (χ0) is 21.7. The summed E-state index contributed by atoms with van der Waals surface area (Å²) in [6.45, 7) is 12.2. The standard InChI is InChI=1S/C26H44O3/c1-7-9-21(10-8-17-29-6)23-18-22(27)14-16-25(23,4)20(3)13-15-26(5)19(2)11-12-24(26)28/h14,16,18-21,24,28H,7-13,15,17H2,1-6H3/t19?,20?,21?,24?,25-,26+/m1/s1. The van der Waals surface area contributed by atoms with Crippen molar-refractivity contribution in [1.82, 2.24) is 0 Å². The molecule has 0 radical (unpaired) electrons. The van der Waals surface area contributed by atoms with E-state index in [0.29, 0.717) is 17.8 Å². The largest absolute Gasteiger partial charge is 0.393 e. The van der Waals surface area contributed by atoms with Gasteiger partial charge in [0, 0.05) is 19.1 Å². The van der Waals surface area contributed by atoms with Crippen molar-refractivity contribution in [2.45, 2.75) is 92.1 Å². The molecule has 3 nitrogen and oxygen atoms in total. The molecule has 1 fully saturated rings. The second kappa shape index (κ2) is 10.4. The van der Waals surface area contributed by atoms with Crippen LogP contribution in [-0.4, -0.2) is 30.7 Å². The van der Waals surface area contributed by atoms with E-state index in [1.807, 2.05) is 6.08 Å². The Morgan fingerprint density at radius 1 is 1.24 bits per heavy atom. The fourth-order valence-electron chi connectivity index (χ4n) is 5.63. The summed E-state index contributed by atoms with van der Waals surface area (Å²) in [5.74, 6) is 1.56. The highest BCUT2D eigenvalue weighted by atomic mass is 16.5. The van der Waals surface area contributed by atoms with Crippen LogP contribution in [0.3, 0.4) is 0 Å². The quantitative estimate of drug-likeness (QED) is 0.422. The van der Waals surface area contributed by atoms with Crippen LogP contribution in [0.15, 0.2) is 23.8 Å². The smallest absolute Gasteiger partial charge is 0.178 e. The normalized spacial score (nSPS) is 34.3. The lowest BCUT2D eigenvalue weighted by Crippen LogP contribution is -2.36. The maximum Gasteiger partial charge on any atom is 0.178 e. The number of carbonyl (C=O) groups excluding carboxylic acids is 1. The molecule has 1 saturated carbocycles. The van der Waals surface area contributed by atoms with E-state index in [2.05, 4.69) is 40.7 Å². The summed E-state index contributed by atoms with van der Waals surface area (Å²) in [7, 11) is 1.76. The molecule has 2 aliphatic carbocycles. The molecular weight excluding hydrogens is 360 g/mol. The summed E-state index contributed by atoms with van der Waals surface area (Å²) in [6, 6.07) is 0. The Kier molecular flexibility index (Phi) is 8.72. The molecule has 0 heterocycles. The fraction of sp³-hybridized carbons (Fsp3) is 0.808. The number of aliphatic hydroxyl groups excluding tert-OH is 1. The Morgan fingerprint density at radius 2 is 1.97 bits per heavy atom. The molecule has 6 atom stereocenters. The minimum absolute atomic E-state index is 0.0178. The SMILES string of the molecule is CCCC(CCCOC)C1=CC(=O)C=C[C@]1(C)C(C)CC[C@@]1(C)C(C)CCC1O. The van der Waals surface area contributed by atoms with E-state index in [1.54, 1.807) is 13.2 Å². The molecule has 0 amide bonds. The number of ether oxygens (including phenoxy) is 1. The van der Waals surface area contributed by atoms with E-state index < -0.39 is 0 Å². The molecule has 3 heteroatoms. The lowest BCUT2D eigenvalue weighted by molar-refractivity contribution is -0.110. The number of carbonyl (C=O) groups is 1. The van der Waals surface area contributed by atoms with Crippen LogP contribution < -0.4 is 0 Å². The van der Waals surface area contributed by atoms with Crippen LogP contribution in [0.4, 0.5) is 0 Å². The van der Waals surface area contributed by atoms with Crippen molar-refractivity contribution in [3.8, 4) is 0 Å². The number of hydrogen-bond acceptors (Lipinski definition) is 3. The monoisotopic (exact) mass is 404 g/mol. The molecule has 2 rings (SSSR count). The molecule has 166 valence electrons. The third-order valence-corrected chi connectivity index (χ3v) is 8.39. The number of allylic oxidation sites excluding steroid dienone is 4. The highest BCUT2D eigenvalue weighted by Crippen LogP contribution is 2.51. The molecule has 0 spiro atoms. The second-order valence-corrected chi connectivity index (χ2v) is 10.2. The van der Waals surface area contributed by atoms with Crippen LogP contribution in [0.1, 0.15) is 86.0 Å². The van der Waals surface area contributed by atoms with Crippen LogP contribution in [0.5, 0.6) is 0 Å². The van der Waals surface area contributed by atoms with Gasteiger partial charge in [0.05, 0.1) is 6.10 Å². The van der Waals surface area contributed by atoms with Gasteiger partial charge < -0.3 is 9.84 Å². The maximum absolute atomic E-state index is 12.3. The number of ketones is 1. The van der Waals surface area contributed by atoms with Crippen molar-refractivity contribution >= 4 is 5.78 Å². The molecule has 0 saturated heterocycles. The molecule has 1 N–H and O–H groups in total. The van der Waals surface area contributed by atoms with E-state index in [9.17, 15) is 9.90 Å². The second-order valence-electron chi connectivity index (χ2n) is 10.2. The summed E-state index contributed by atoms with van der Waals surface area (Å²) in [6.07, 6.45) is 14.2. The molecule has 0 aromatic heterocycles. The summed E-state index contributed by atoms with van der Waals surface area (Å²) in [5.41, 5.74) is 1.24. The van der Waals surface area contributed by atoms with Crippen LogP contribution in [0, 0.1) is 28.6 Å². The van der Waals surface area contributed by atoms with Gasteiger partial charge >= 0.3 is 0 Å². The minimum Gasteiger partial charge on any atom is -0.393 e. The Labute approximate surface area is 179 Å². The number of hydrogen-bond donors (Lipinski definition) is 1. The summed E-state index contributed by atoms with van der Waals surface area (Å²) in [4.78, 5) is 12.3. The Balaban J connectivity index is 2.18. The number of rotatable bonds is 11. The predicted octanol–water partition coefficient (Wildman–Crippen LogP) is 6.11. The molecular formula is C26H44O3. The molecule has 2 aliphatic rings. The average Bonchev–Trinajstić information content (AvgIpc) is 2.95. The molecule has 0 aromatic rings. The van der Waals surface area contributed by atoms with Crippen LogP contribution in [0.2, 0.25) is 0 Å². The first-order chi connectivity index (χ1) is 13.7. The van der Waals surface area contributed by atoms with Gasteiger partial charge in [0.1, 0.15) is 0 Å². The lowest BCUT2D eigenvalue weighted by atomic mass is 9.62. The van der Waals surface area contributed by atoms with Gasteiger partial charge in [-0.2, -0.15) is 0 Å². The van der Waals surface area contributed by atoms with Gasteiger partial charge in [-0.15, -0.1) is 0 Å². The molecule has 0 bridgehead atoms. The van der Waals surface area contributed by atoms with Gasteiger partial charge in [0.2, 0.25) is 0 Å².